The summed E-state index contributed by atoms with van der Waals surface area (Å²) in [5, 5.41) is 0. The van der Waals surface area contributed by atoms with E-state index in [0.717, 1.165) is 5.69 Å². The summed E-state index contributed by atoms with van der Waals surface area (Å²) in [5.74, 6) is -0.472. The van der Waals surface area contributed by atoms with Crippen LogP contribution in [0.25, 0.3) is 0 Å². The Balaban J connectivity index is 2.25. The normalized spacial score (nSPS) is 30.9. The number of nitrogens with zero attached hydrogens (tertiary/aromatic N) is 1. The summed E-state index contributed by atoms with van der Waals surface area (Å²) in [5.41, 5.74) is 2.90. The zero-order chi connectivity index (χ0) is 10.3. The van der Waals surface area contributed by atoms with Gasteiger partial charge in [-0.1, -0.05) is 0 Å². The Kier molecular flexibility index (Phi) is 2.37. The van der Waals surface area contributed by atoms with Gasteiger partial charge in [-0.25, -0.2) is 4.98 Å². The molecular weight excluding hydrogens is 198 g/mol. The van der Waals surface area contributed by atoms with E-state index in [0.29, 0.717) is 0 Å². The standard InChI is InChI=1S/C10H15NO2S/c1-6-9(14-5-11-6)8-7(2)12-10(3,4)13-8/h5,7-8H,1-4H3/t7-,8+/m0/s1. The number of thiazole rings is 1. The third-order valence-corrected chi connectivity index (χ3v) is 3.34. The fourth-order valence-corrected chi connectivity index (χ4v) is 2.71. The highest BCUT2D eigenvalue weighted by atomic mass is 32.1. The molecule has 0 aromatic carbocycles. The molecule has 4 heteroatoms. The summed E-state index contributed by atoms with van der Waals surface area (Å²) in [4.78, 5) is 5.41. The molecule has 0 radical (unpaired) electrons. The van der Waals surface area contributed by atoms with Crippen molar-refractivity contribution in [1.29, 1.82) is 0 Å². The second kappa shape index (κ2) is 3.29. The molecule has 1 aliphatic heterocycles. The molecule has 14 heavy (non-hydrogen) atoms. The van der Waals surface area contributed by atoms with E-state index < -0.39 is 5.79 Å². The van der Waals surface area contributed by atoms with Gasteiger partial charge in [-0.15, -0.1) is 11.3 Å². The third-order valence-electron chi connectivity index (χ3n) is 2.35. The van der Waals surface area contributed by atoms with E-state index in [4.69, 9.17) is 9.47 Å². The molecule has 2 atom stereocenters. The minimum atomic E-state index is -0.472. The largest absolute Gasteiger partial charge is 0.344 e. The smallest absolute Gasteiger partial charge is 0.164 e. The van der Waals surface area contributed by atoms with Crippen LogP contribution in [0, 0.1) is 6.92 Å². The summed E-state index contributed by atoms with van der Waals surface area (Å²) in [6.07, 6.45) is 0.140. The minimum Gasteiger partial charge on any atom is -0.344 e. The number of hydrogen-bond donors (Lipinski definition) is 0. The molecule has 1 fully saturated rings. The van der Waals surface area contributed by atoms with Crippen molar-refractivity contribution < 1.29 is 9.47 Å². The van der Waals surface area contributed by atoms with Crippen LogP contribution < -0.4 is 0 Å². The highest BCUT2D eigenvalue weighted by Crippen LogP contribution is 2.40. The van der Waals surface area contributed by atoms with E-state index in [1.807, 2.05) is 33.2 Å². The quantitative estimate of drug-likeness (QED) is 0.718. The number of ether oxygens (including phenoxy) is 2. The first-order chi connectivity index (χ1) is 6.49. The molecular formula is C10H15NO2S. The van der Waals surface area contributed by atoms with Crippen molar-refractivity contribution in [2.75, 3.05) is 0 Å². The Hall–Kier alpha value is -0.450. The molecule has 0 spiro atoms. The Morgan fingerprint density at radius 2 is 2.14 bits per heavy atom. The van der Waals surface area contributed by atoms with Gasteiger partial charge >= 0.3 is 0 Å². The lowest BCUT2D eigenvalue weighted by molar-refractivity contribution is -0.145. The molecule has 0 amide bonds. The molecule has 1 aromatic heterocycles. The fraction of sp³-hybridized carbons (Fsp3) is 0.700. The second-order valence-electron chi connectivity index (χ2n) is 4.06. The van der Waals surface area contributed by atoms with Crippen molar-refractivity contribution in [2.24, 2.45) is 0 Å². The lowest BCUT2D eigenvalue weighted by Crippen LogP contribution is -2.20. The van der Waals surface area contributed by atoms with Gasteiger partial charge in [0.25, 0.3) is 0 Å². The van der Waals surface area contributed by atoms with Gasteiger partial charge in [0.15, 0.2) is 5.79 Å². The monoisotopic (exact) mass is 213 g/mol. The maximum Gasteiger partial charge on any atom is 0.164 e. The highest BCUT2D eigenvalue weighted by molar-refractivity contribution is 7.09. The van der Waals surface area contributed by atoms with Gasteiger partial charge in [0.05, 0.1) is 22.2 Å². The van der Waals surface area contributed by atoms with E-state index >= 15 is 0 Å². The molecule has 1 aliphatic rings. The van der Waals surface area contributed by atoms with Crippen LogP contribution >= 0.6 is 11.3 Å². The van der Waals surface area contributed by atoms with Crippen molar-refractivity contribution in [3.63, 3.8) is 0 Å². The maximum atomic E-state index is 5.83. The SMILES string of the molecule is Cc1ncsc1[C@@H]1OC(C)(C)O[C@H]1C. The fourth-order valence-electron chi connectivity index (χ4n) is 1.79. The van der Waals surface area contributed by atoms with Gasteiger partial charge < -0.3 is 9.47 Å². The van der Waals surface area contributed by atoms with Gasteiger partial charge in [-0.3, -0.25) is 0 Å². The average molecular weight is 213 g/mol. The van der Waals surface area contributed by atoms with Gasteiger partial charge in [-0.2, -0.15) is 0 Å². The molecule has 1 saturated heterocycles. The first-order valence-corrected chi connectivity index (χ1v) is 5.63. The van der Waals surface area contributed by atoms with Crippen molar-refractivity contribution in [2.45, 2.75) is 45.7 Å². The third kappa shape index (κ3) is 1.69. The van der Waals surface area contributed by atoms with Crippen LogP contribution in [0.3, 0.4) is 0 Å². The van der Waals surface area contributed by atoms with Gasteiger partial charge in [0.1, 0.15) is 6.10 Å². The van der Waals surface area contributed by atoms with Crippen LogP contribution in [0.5, 0.6) is 0 Å². The zero-order valence-corrected chi connectivity index (χ0v) is 9.72. The second-order valence-corrected chi connectivity index (χ2v) is 4.95. The Labute approximate surface area is 88.1 Å². The Morgan fingerprint density at radius 3 is 2.57 bits per heavy atom. The molecule has 0 bridgehead atoms. The Bertz CT molecular complexity index is 335. The molecule has 2 rings (SSSR count). The van der Waals surface area contributed by atoms with E-state index in [9.17, 15) is 0 Å². The first-order valence-electron chi connectivity index (χ1n) is 4.75. The number of aryl methyl sites for hydroxylation is 1. The summed E-state index contributed by atoms with van der Waals surface area (Å²) in [6, 6.07) is 0. The predicted octanol–water partition coefficient (Wildman–Crippen LogP) is 2.66. The van der Waals surface area contributed by atoms with E-state index in [2.05, 4.69) is 4.98 Å². The number of aromatic nitrogens is 1. The maximum absolute atomic E-state index is 5.83. The van der Waals surface area contributed by atoms with Crippen LogP contribution in [0.15, 0.2) is 5.51 Å². The van der Waals surface area contributed by atoms with Crippen LogP contribution in [-0.4, -0.2) is 16.9 Å². The zero-order valence-electron chi connectivity index (χ0n) is 8.90. The van der Waals surface area contributed by atoms with Crippen LogP contribution in [0.2, 0.25) is 0 Å². The molecule has 0 unspecified atom stereocenters. The molecule has 0 N–H and O–H groups in total. The van der Waals surface area contributed by atoms with Gasteiger partial charge in [-0.05, 0) is 27.7 Å². The van der Waals surface area contributed by atoms with Crippen molar-refractivity contribution >= 4 is 11.3 Å². The summed E-state index contributed by atoms with van der Waals surface area (Å²) in [6.45, 7) is 7.94. The lowest BCUT2D eigenvalue weighted by atomic mass is 10.2. The number of rotatable bonds is 1. The van der Waals surface area contributed by atoms with Crippen molar-refractivity contribution in [3.05, 3.63) is 16.1 Å². The summed E-state index contributed by atoms with van der Waals surface area (Å²) >= 11 is 1.64. The molecule has 1 aromatic rings. The summed E-state index contributed by atoms with van der Waals surface area (Å²) < 4.78 is 11.5. The van der Waals surface area contributed by atoms with E-state index in [-0.39, 0.29) is 12.2 Å². The molecule has 2 heterocycles. The topological polar surface area (TPSA) is 31.4 Å². The molecule has 0 saturated carbocycles. The lowest BCUT2D eigenvalue weighted by Gasteiger charge is -2.16. The molecule has 3 nitrogen and oxygen atoms in total. The minimum absolute atomic E-state index is 0.0394. The van der Waals surface area contributed by atoms with Crippen molar-refractivity contribution in [1.82, 2.24) is 4.98 Å². The molecule has 78 valence electrons. The first kappa shape index (κ1) is 10.1. The van der Waals surface area contributed by atoms with Crippen molar-refractivity contribution in [3.8, 4) is 0 Å². The average Bonchev–Trinajstić information content (AvgIpc) is 2.55. The number of hydrogen-bond acceptors (Lipinski definition) is 4. The van der Waals surface area contributed by atoms with Crippen LogP contribution in [-0.2, 0) is 9.47 Å². The highest BCUT2D eigenvalue weighted by Gasteiger charge is 2.40. The molecule has 0 aliphatic carbocycles. The van der Waals surface area contributed by atoms with E-state index in [1.54, 1.807) is 11.3 Å². The van der Waals surface area contributed by atoms with Gasteiger partial charge in [0, 0.05) is 0 Å². The van der Waals surface area contributed by atoms with Crippen LogP contribution in [0.4, 0.5) is 0 Å². The van der Waals surface area contributed by atoms with E-state index in [1.165, 1.54) is 4.88 Å². The summed E-state index contributed by atoms with van der Waals surface area (Å²) in [7, 11) is 0. The predicted molar refractivity (Wildman–Crippen MR) is 55.3 cm³/mol. The van der Waals surface area contributed by atoms with Crippen LogP contribution in [0.1, 0.15) is 37.4 Å². The van der Waals surface area contributed by atoms with Gasteiger partial charge in [0.2, 0.25) is 0 Å². The Morgan fingerprint density at radius 1 is 1.43 bits per heavy atom.